The summed E-state index contributed by atoms with van der Waals surface area (Å²) >= 11 is 0. The molecule has 4 fully saturated rings. The van der Waals surface area contributed by atoms with Crippen LogP contribution in [0.1, 0.15) is 71.4 Å². The van der Waals surface area contributed by atoms with Crippen molar-refractivity contribution in [3.05, 3.63) is 29.1 Å². The van der Waals surface area contributed by atoms with Crippen LogP contribution in [0.4, 0.5) is 13.2 Å². The van der Waals surface area contributed by atoms with E-state index in [1.165, 1.54) is 24.6 Å². The first-order valence-electron chi connectivity index (χ1n) is 13.0. The van der Waals surface area contributed by atoms with Gasteiger partial charge in [-0.25, -0.2) is 0 Å². The van der Waals surface area contributed by atoms with Crippen LogP contribution in [0.15, 0.2) is 23.4 Å². The molecule has 7 heteroatoms. The Morgan fingerprint density at radius 1 is 1.15 bits per heavy atom. The Kier molecular flexibility index (Phi) is 4.83. The number of carbonyl (C=O) groups is 1. The average molecular weight is 477 g/mol. The molecule has 6 rings (SSSR count). The highest BCUT2D eigenvalue weighted by Crippen LogP contribution is 2.74. The minimum Gasteiger partial charge on any atom is -0.390 e. The molecule has 5 aliphatic rings. The molecule has 4 saturated carbocycles. The Morgan fingerprint density at radius 3 is 2.59 bits per heavy atom. The number of rotatable bonds is 3. The summed E-state index contributed by atoms with van der Waals surface area (Å²) in [6, 6.07) is 0.942. The van der Waals surface area contributed by atoms with Crippen LogP contribution >= 0.6 is 0 Å². The first-order valence-corrected chi connectivity index (χ1v) is 13.0. The van der Waals surface area contributed by atoms with Gasteiger partial charge in [-0.15, -0.1) is 0 Å². The summed E-state index contributed by atoms with van der Waals surface area (Å²) < 4.78 is 40.1. The Morgan fingerprint density at radius 2 is 1.88 bits per heavy atom. The zero-order valence-corrected chi connectivity index (χ0v) is 20.2. The van der Waals surface area contributed by atoms with Gasteiger partial charge in [0.15, 0.2) is 11.5 Å². The monoisotopic (exact) mass is 476 g/mol. The zero-order valence-electron chi connectivity index (χ0n) is 20.2. The SMILES string of the molecule is C[C@@H]1C2=C(C(=O)Cn3ccc(C(F)(F)F)n3)[C@@]3(C)CC[C@H]4[C@@H](CC[C@@H]5C[C@](C)(O)CC[C@@H]54)[C@@H]3[C@@H]21. The van der Waals surface area contributed by atoms with Crippen molar-refractivity contribution in [1.82, 2.24) is 9.78 Å². The van der Waals surface area contributed by atoms with Crippen LogP contribution in [0, 0.1) is 46.8 Å². The lowest BCUT2D eigenvalue weighted by molar-refractivity contribution is -0.141. The van der Waals surface area contributed by atoms with E-state index in [1.807, 2.05) is 6.92 Å². The van der Waals surface area contributed by atoms with Crippen LogP contribution in [-0.4, -0.2) is 26.3 Å². The number of alkyl halides is 3. The van der Waals surface area contributed by atoms with Crippen molar-refractivity contribution in [2.24, 2.45) is 46.8 Å². The smallest absolute Gasteiger partial charge is 0.390 e. The summed E-state index contributed by atoms with van der Waals surface area (Å²) in [6.07, 6.45) is 4.12. The summed E-state index contributed by atoms with van der Waals surface area (Å²) in [5.41, 5.74) is 0.566. The van der Waals surface area contributed by atoms with E-state index in [0.717, 1.165) is 48.4 Å². The lowest BCUT2D eigenvalue weighted by Gasteiger charge is -2.57. The van der Waals surface area contributed by atoms with Crippen LogP contribution in [0.25, 0.3) is 0 Å². The summed E-state index contributed by atoms with van der Waals surface area (Å²) in [5.74, 6) is 3.88. The molecule has 0 unspecified atom stereocenters. The van der Waals surface area contributed by atoms with Gasteiger partial charge in [-0.05, 0) is 105 Å². The van der Waals surface area contributed by atoms with Crippen molar-refractivity contribution in [2.45, 2.75) is 84.0 Å². The van der Waals surface area contributed by atoms with Gasteiger partial charge in [0, 0.05) is 11.8 Å². The molecule has 1 N–H and O–H groups in total. The molecular weight excluding hydrogens is 441 g/mol. The van der Waals surface area contributed by atoms with Crippen molar-refractivity contribution in [3.63, 3.8) is 0 Å². The number of hydrogen-bond acceptors (Lipinski definition) is 3. The van der Waals surface area contributed by atoms with E-state index in [0.29, 0.717) is 41.4 Å². The average Bonchev–Trinajstić information content (AvgIpc) is 3.10. The summed E-state index contributed by atoms with van der Waals surface area (Å²) in [7, 11) is 0. The third kappa shape index (κ3) is 3.28. The molecule has 0 spiro atoms. The van der Waals surface area contributed by atoms with Crippen molar-refractivity contribution < 1.29 is 23.1 Å². The Labute approximate surface area is 199 Å². The third-order valence-electron chi connectivity index (χ3n) is 10.5. The van der Waals surface area contributed by atoms with Crippen molar-refractivity contribution in [1.29, 1.82) is 0 Å². The minimum absolute atomic E-state index is 0.0491. The maximum Gasteiger partial charge on any atom is 0.435 e. The molecule has 0 saturated heterocycles. The number of carbonyl (C=O) groups excluding carboxylic acids is 1. The molecule has 9 atom stereocenters. The Hall–Kier alpha value is -1.63. The highest BCUT2D eigenvalue weighted by Gasteiger charge is 2.68. The first-order chi connectivity index (χ1) is 15.9. The number of halogens is 3. The van der Waals surface area contributed by atoms with Gasteiger partial charge in [-0.3, -0.25) is 9.48 Å². The number of hydrogen-bond donors (Lipinski definition) is 1. The van der Waals surface area contributed by atoms with Gasteiger partial charge in [0.25, 0.3) is 0 Å². The van der Waals surface area contributed by atoms with E-state index in [1.54, 1.807) is 0 Å². The van der Waals surface area contributed by atoms with Gasteiger partial charge in [0.1, 0.15) is 6.54 Å². The van der Waals surface area contributed by atoms with E-state index >= 15 is 0 Å². The molecule has 0 amide bonds. The maximum atomic E-state index is 13.5. The number of ketones is 1. The van der Waals surface area contributed by atoms with E-state index in [2.05, 4.69) is 18.9 Å². The molecule has 186 valence electrons. The Balaban J connectivity index is 1.24. The normalized spacial score (nSPS) is 45.3. The highest BCUT2D eigenvalue weighted by atomic mass is 19.4. The number of nitrogens with zero attached hydrogens (tertiary/aromatic N) is 2. The largest absolute Gasteiger partial charge is 0.435 e. The van der Waals surface area contributed by atoms with Gasteiger partial charge in [-0.2, -0.15) is 18.3 Å². The molecule has 0 radical (unpaired) electrons. The third-order valence-corrected chi connectivity index (χ3v) is 10.5. The molecule has 0 aliphatic heterocycles. The van der Waals surface area contributed by atoms with Crippen LogP contribution in [0.5, 0.6) is 0 Å². The molecule has 0 bridgehead atoms. The number of allylic oxidation sites excluding steroid dienone is 2. The predicted molar refractivity (Wildman–Crippen MR) is 120 cm³/mol. The molecule has 1 aromatic rings. The molecule has 1 aromatic heterocycles. The first kappa shape index (κ1) is 22.8. The minimum atomic E-state index is -4.50. The maximum absolute atomic E-state index is 13.5. The topological polar surface area (TPSA) is 55.1 Å². The van der Waals surface area contributed by atoms with Crippen LogP contribution < -0.4 is 0 Å². The number of aliphatic hydroxyl groups is 1. The Bertz CT molecular complexity index is 1060. The predicted octanol–water partition coefficient (Wildman–Crippen LogP) is 5.66. The molecular formula is C27H35F3N2O2. The number of Topliss-reactive ketones (excluding diaryl/α,β-unsaturated/α-hetero) is 1. The van der Waals surface area contributed by atoms with Crippen molar-refractivity contribution in [3.8, 4) is 0 Å². The lowest BCUT2D eigenvalue weighted by Crippen LogP contribution is -2.51. The lowest BCUT2D eigenvalue weighted by atomic mass is 9.48. The quantitative estimate of drug-likeness (QED) is 0.613. The van der Waals surface area contributed by atoms with Gasteiger partial charge in [0.2, 0.25) is 0 Å². The second kappa shape index (κ2) is 7.21. The fourth-order valence-electron chi connectivity index (χ4n) is 9.24. The van der Waals surface area contributed by atoms with Crippen LogP contribution in [0.3, 0.4) is 0 Å². The second-order valence-corrected chi connectivity index (χ2v) is 12.5. The molecule has 1 heterocycles. The van der Waals surface area contributed by atoms with Gasteiger partial charge < -0.3 is 5.11 Å². The zero-order chi connectivity index (χ0) is 24.2. The van der Waals surface area contributed by atoms with Gasteiger partial charge >= 0.3 is 6.18 Å². The van der Waals surface area contributed by atoms with E-state index in [4.69, 9.17) is 0 Å². The van der Waals surface area contributed by atoms with Crippen molar-refractivity contribution >= 4 is 5.78 Å². The fraction of sp³-hybridized carbons (Fsp3) is 0.778. The van der Waals surface area contributed by atoms with E-state index in [9.17, 15) is 23.1 Å². The van der Waals surface area contributed by atoms with E-state index < -0.39 is 17.5 Å². The van der Waals surface area contributed by atoms with Gasteiger partial charge in [0.05, 0.1) is 5.60 Å². The van der Waals surface area contributed by atoms with Gasteiger partial charge in [-0.1, -0.05) is 19.4 Å². The number of fused-ring (bicyclic) bond motifs is 7. The molecule has 34 heavy (non-hydrogen) atoms. The van der Waals surface area contributed by atoms with Crippen LogP contribution in [0.2, 0.25) is 0 Å². The summed E-state index contributed by atoms with van der Waals surface area (Å²) in [5, 5.41) is 14.3. The molecule has 0 aromatic carbocycles. The van der Waals surface area contributed by atoms with E-state index in [-0.39, 0.29) is 17.7 Å². The fourth-order valence-corrected chi connectivity index (χ4v) is 9.24. The molecule has 4 nitrogen and oxygen atoms in total. The summed E-state index contributed by atoms with van der Waals surface area (Å²) in [6.45, 7) is 6.34. The standard InChI is InChI=1S/C27H35F3N2O2/c1-14-21-22(14)24(19(33)13-32-11-8-20(31-32)27(28,29)30)26(3)10-7-17-16-6-9-25(2,34)12-15(16)4-5-18(17)23(21)26/h8,11,14-18,21,23,34H,4-7,9-10,12-13H2,1-3H3/t14-,15+,16-,17+,18+,21+,23+,25+,26-/m0/s1. The number of aromatic nitrogens is 2. The molecule has 5 aliphatic carbocycles. The van der Waals surface area contributed by atoms with Crippen LogP contribution in [-0.2, 0) is 17.5 Å². The highest BCUT2D eigenvalue weighted by molar-refractivity contribution is 5.99. The van der Waals surface area contributed by atoms with Crippen molar-refractivity contribution in [2.75, 3.05) is 0 Å². The summed E-state index contributed by atoms with van der Waals surface area (Å²) in [4.78, 5) is 13.5. The second-order valence-electron chi connectivity index (χ2n) is 12.5.